The molecule has 0 fully saturated rings. The van der Waals surface area contributed by atoms with Crippen LogP contribution >= 0.6 is 0 Å². The number of fused-ring (bicyclic) bond motifs is 1. The Morgan fingerprint density at radius 1 is 0.968 bits per heavy atom. The van der Waals surface area contributed by atoms with Crippen LogP contribution in [0.5, 0.6) is 11.5 Å². The van der Waals surface area contributed by atoms with E-state index < -0.39 is 5.56 Å². The molecular weight excluding hydrogens is 392 g/mol. The number of pyridine rings is 1. The fourth-order valence-corrected chi connectivity index (χ4v) is 4.12. The molecule has 3 aromatic rings. The molecule has 0 saturated heterocycles. The summed E-state index contributed by atoms with van der Waals surface area (Å²) in [6.45, 7) is 1.96. The number of hydrogen-bond acceptors (Lipinski definition) is 5. The van der Waals surface area contributed by atoms with Crippen molar-refractivity contribution in [3.63, 3.8) is 0 Å². The summed E-state index contributed by atoms with van der Waals surface area (Å²) in [5.74, 6) is 1.00. The molecule has 6 heteroatoms. The van der Waals surface area contributed by atoms with Gasteiger partial charge in [-0.2, -0.15) is 5.26 Å². The van der Waals surface area contributed by atoms with Gasteiger partial charge in [0.1, 0.15) is 11.6 Å². The molecule has 0 spiro atoms. The molecule has 1 heterocycles. The van der Waals surface area contributed by atoms with E-state index in [-0.39, 0.29) is 17.3 Å². The monoisotopic (exact) mass is 414 g/mol. The van der Waals surface area contributed by atoms with Crippen LogP contribution in [0, 0.1) is 18.3 Å². The summed E-state index contributed by atoms with van der Waals surface area (Å²) >= 11 is 0. The lowest BCUT2D eigenvalue weighted by molar-refractivity contribution is 0.0962. The van der Waals surface area contributed by atoms with Crippen molar-refractivity contribution in [2.45, 2.75) is 25.7 Å². The standard InChI is InChI=1S/C25H22N2O4/c1-15-4-7-19(8-5-15)27-21-11-17(16-6-9-23(30-2)24(13-16)31-3)12-22(28)20(21)10-18(14-26)25(27)29/h4-10,13,17H,11-12H2,1-3H3/t17-/m1/s1. The number of aryl methyl sites for hydroxylation is 1. The average molecular weight is 414 g/mol. The smallest absolute Gasteiger partial charge is 0.273 e. The van der Waals surface area contributed by atoms with E-state index >= 15 is 0 Å². The number of carbonyl (C=O) groups is 1. The largest absolute Gasteiger partial charge is 0.493 e. The molecule has 1 aliphatic carbocycles. The normalized spacial score (nSPS) is 15.2. The lowest BCUT2D eigenvalue weighted by Gasteiger charge is -2.27. The van der Waals surface area contributed by atoms with Gasteiger partial charge in [0.15, 0.2) is 17.3 Å². The number of nitrogens with zero attached hydrogens (tertiary/aromatic N) is 2. The molecule has 0 bridgehead atoms. The maximum atomic E-state index is 13.1. The van der Waals surface area contributed by atoms with Crippen molar-refractivity contribution in [2.75, 3.05) is 14.2 Å². The molecule has 4 rings (SSSR count). The first kappa shape index (κ1) is 20.4. The Kier molecular flexibility index (Phi) is 5.35. The second-order valence-corrected chi connectivity index (χ2v) is 7.65. The highest BCUT2D eigenvalue weighted by Gasteiger charge is 2.31. The molecule has 1 aliphatic rings. The van der Waals surface area contributed by atoms with Gasteiger partial charge in [0.25, 0.3) is 5.56 Å². The van der Waals surface area contributed by atoms with Crippen molar-refractivity contribution in [2.24, 2.45) is 0 Å². The van der Waals surface area contributed by atoms with Gasteiger partial charge in [0.05, 0.1) is 14.2 Å². The Morgan fingerprint density at radius 2 is 1.68 bits per heavy atom. The molecule has 0 radical (unpaired) electrons. The minimum absolute atomic E-state index is 0.0303. The van der Waals surface area contributed by atoms with Gasteiger partial charge in [-0.05, 0) is 55.2 Å². The highest BCUT2D eigenvalue weighted by atomic mass is 16.5. The molecule has 0 N–H and O–H groups in total. The molecule has 1 atom stereocenters. The predicted molar refractivity (Wildman–Crippen MR) is 116 cm³/mol. The molecule has 156 valence electrons. The van der Waals surface area contributed by atoms with Gasteiger partial charge >= 0.3 is 0 Å². The van der Waals surface area contributed by atoms with E-state index in [0.29, 0.717) is 41.3 Å². The van der Waals surface area contributed by atoms with Crippen LogP contribution in [0.1, 0.15) is 45.1 Å². The third-order valence-corrected chi connectivity index (χ3v) is 5.77. The fraction of sp³-hybridized carbons (Fsp3) is 0.240. The molecule has 0 saturated carbocycles. The topological polar surface area (TPSA) is 81.3 Å². The number of nitriles is 1. The first-order valence-electron chi connectivity index (χ1n) is 9.98. The summed E-state index contributed by atoms with van der Waals surface area (Å²) in [5.41, 5.74) is 3.26. The van der Waals surface area contributed by atoms with Crippen molar-refractivity contribution >= 4 is 5.78 Å². The van der Waals surface area contributed by atoms with Gasteiger partial charge in [0, 0.05) is 23.4 Å². The lowest BCUT2D eigenvalue weighted by atomic mass is 9.81. The van der Waals surface area contributed by atoms with Crippen LogP contribution in [-0.2, 0) is 6.42 Å². The maximum absolute atomic E-state index is 13.1. The van der Waals surface area contributed by atoms with Gasteiger partial charge in [-0.25, -0.2) is 0 Å². The number of ether oxygens (including phenoxy) is 2. The number of rotatable bonds is 4. The Balaban J connectivity index is 1.87. The number of methoxy groups -OCH3 is 2. The van der Waals surface area contributed by atoms with Gasteiger partial charge in [-0.15, -0.1) is 0 Å². The third-order valence-electron chi connectivity index (χ3n) is 5.77. The Hall–Kier alpha value is -3.85. The highest BCUT2D eigenvalue weighted by Crippen LogP contribution is 2.37. The summed E-state index contributed by atoms with van der Waals surface area (Å²) in [6.07, 6.45) is 0.783. The van der Waals surface area contributed by atoms with Crippen LogP contribution in [0.3, 0.4) is 0 Å². The van der Waals surface area contributed by atoms with E-state index in [2.05, 4.69) is 0 Å². The van der Waals surface area contributed by atoms with Crippen LogP contribution in [0.4, 0.5) is 0 Å². The Labute approximate surface area is 180 Å². The number of carbonyl (C=O) groups excluding carboxylic acids is 1. The van der Waals surface area contributed by atoms with E-state index in [1.54, 1.807) is 14.2 Å². The summed E-state index contributed by atoms with van der Waals surface area (Å²) in [6, 6.07) is 16.5. The summed E-state index contributed by atoms with van der Waals surface area (Å²) in [4.78, 5) is 26.2. The molecular formula is C25H22N2O4. The van der Waals surface area contributed by atoms with Crippen molar-refractivity contribution in [3.8, 4) is 23.3 Å². The molecule has 0 unspecified atom stereocenters. The SMILES string of the molecule is COc1ccc([C@H]2CC(=O)c3cc(C#N)c(=O)n(-c4ccc(C)cc4)c3C2)cc1OC. The Bertz CT molecular complexity index is 1270. The number of benzene rings is 2. The van der Waals surface area contributed by atoms with E-state index in [1.807, 2.05) is 55.5 Å². The minimum Gasteiger partial charge on any atom is -0.493 e. The number of hydrogen-bond donors (Lipinski definition) is 0. The summed E-state index contributed by atoms with van der Waals surface area (Å²) in [7, 11) is 3.15. The first-order chi connectivity index (χ1) is 15.0. The second-order valence-electron chi connectivity index (χ2n) is 7.65. The molecule has 31 heavy (non-hydrogen) atoms. The number of Topliss-reactive ketones (excluding diaryl/α,β-unsaturated/α-hetero) is 1. The zero-order chi connectivity index (χ0) is 22.1. The van der Waals surface area contributed by atoms with Crippen molar-refractivity contribution in [1.82, 2.24) is 4.57 Å². The van der Waals surface area contributed by atoms with Crippen LogP contribution in [0.2, 0.25) is 0 Å². The molecule has 1 aromatic heterocycles. The lowest BCUT2D eigenvalue weighted by Crippen LogP contribution is -2.31. The zero-order valence-electron chi connectivity index (χ0n) is 17.6. The minimum atomic E-state index is -0.411. The van der Waals surface area contributed by atoms with Crippen LogP contribution < -0.4 is 15.0 Å². The van der Waals surface area contributed by atoms with Crippen molar-refractivity contribution < 1.29 is 14.3 Å². The van der Waals surface area contributed by atoms with E-state index in [1.165, 1.54) is 10.6 Å². The number of ketones is 1. The predicted octanol–water partition coefficient (Wildman–Crippen LogP) is 3.95. The van der Waals surface area contributed by atoms with E-state index in [9.17, 15) is 14.9 Å². The van der Waals surface area contributed by atoms with Gasteiger partial charge in [-0.1, -0.05) is 23.8 Å². The average Bonchev–Trinajstić information content (AvgIpc) is 2.79. The molecule has 0 aliphatic heterocycles. The first-order valence-corrected chi connectivity index (χ1v) is 9.98. The van der Waals surface area contributed by atoms with E-state index in [4.69, 9.17) is 9.47 Å². The van der Waals surface area contributed by atoms with Gasteiger partial charge < -0.3 is 9.47 Å². The van der Waals surface area contributed by atoms with Crippen LogP contribution in [-0.4, -0.2) is 24.6 Å². The van der Waals surface area contributed by atoms with E-state index in [0.717, 1.165) is 11.1 Å². The van der Waals surface area contributed by atoms with Crippen LogP contribution in [0.25, 0.3) is 5.69 Å². The second kappa shape index (κ2) is 8.11. The number of aromatic nitrogens is 1. The Morgan fingerprint density at radius 3 is 2.32 bits per heavy atom. The van der Waals surface area contributed by atoms with Crippen molar-refractivity contribution in [1.29, 1.82) is 5.26 Å². The van der Waals surface area contributed by atoms with Gasteiger partial charge in [0.2, 0.25) is 0 Å². The zero-order valence-corrected chi connectivity index (χ0v) is 17.6. The maximum Gasteiger partial charge on any atom is 0.273 e. The fourth-order valence-electron chi connectivity index (χ4n) is 4.12. The quantitative estimate of drug-likeness (QED) is 0.646. The summed E-state index contributed by atoms with van der Waals surface area (Å²) in [5, 5.41) is 9.46. The molecule has 6 nitrogen and oxygen atoms in total. The molecule has 0 amide bonds. The third kappa shape index (κ3) is 3.59. The summed E-state index contributed by atoms with van der Waals surface area (Å²) < 4.78 is 12.2. The van der Waals surface area contributed by atoms with Crippen molar-refractivity contribution in [3.05, 3.63) is 86.8 Å². The molecule has 2 aromatic carbocycles. The highest BCUT2D eigenvalue weighted by molar-refractivity contribution is 5.99. The van der Waals surface area contributed by atoms with Crippen LogP contribution in [0.15, 0.2) is 53.3 Å². The van der Waals surface area contributed by atoms with Gasteiger partial charge in [-0.3, -0.25) is 14.2 Å².